The highest BCUT2D eigenvalue weighted by Crippen LogP contribution is 2.09. The minimum atomic E-state index is -1.02. The van der Waals surface area contributed by atoms with Crippen LogP contribution in [0.25, 0.3) is 0 Å². The zero-order valence-corrected chi connectivity index (χ0v) is 8.77. The fourth-order valence-electron chi connectivity index (χ4n) is 1.28. The molecule has 0 aromatic carbocycles. The molecule has 1 fully saturated rings. The zero-order valence-electron chi connectivity index (χ0n) is 8.77. The summed E-state index contributed by atoms with van der Waals surface area (Å²) in [6, 6.07) is -1.45. The molecule has 0 aromatic heterocycles. The van der Waals surface area contributed by atoms with Crippen LogP contribution in [0, 0.1) is 5.92 Å². The number of carboxylic acid groups (broad SMARTS) is 1. The van der Waals surface area contributed by atoms with Crippen molar-refractivity contribution < 1.29 is 19.4 Å². The van der Waals surface area contributed by atoms with Crippen molar-refractivity contribution in [2.75, 3.05) is 6.61 Å². The summed E-state index contributed by atoms with van der Waals surface area (Å²) in [5, 5.41) is 11.3. The minimum absolute atomic E-state index is 0.00342. The predicted molar refractivity (Wildman–Crippen MR) is 52.1 cm³/mol. The van der Waals surface area contributed by atoms with Gasteiger partial charge in [-0.15, -0.1) is 0 Å². The molecule has 0 saturated carbocycles. The number of nitrogens with two attached hydrogens (primary N) is 1. The molecule has 0 bridgehead atoms. The Morgan fingerprint density at radius 3 is 2.53 bits per heavy atom. The Kier molecular flexibility index (Phi) is 3.78. The number of nitrogens with one attached hydrogen (secondary N) is 1. The van der Waals surface area contributed by atoms with Crippen molar-refractivity contribution in [3.63, 3.8) is 0 Å². The first-order valence-corrected chi connectivity index (χ1v) is 4.83. The lowest BCUT2D eigenvalue weighted by Crippen LogP contribution is -2.48. The van der Waals surface area contributed by atoms with E-state index in [1.54, 1.807) is 0 Å². The van der Waals surface area contributed by atoms with Gasteiger partial charge < -0.3 is 15.6 Å². The van der Waals surface area contributed by atoms with Crippen LogP contribution in [0.3, 0.4) is 0 Å². The van der Waals surface area contributed by atoms with E-state index in [-0.39, 0.29) is 18.3 Å². The smallest absolute Gasteiger partial charge is 0.323 e. The Hall–Kier alpha value is -0.980. The molecular formula is C9H16N2O4. The SMILES string of the molecule is CC(C)C(N)C(=O)C1NC(C(=O)O)CO1. The van der Waals surface area contributed by atoms with Crippen molar-refractivity contribution >= 4 is 11.8 Å². The monoisotopic (exact) mass is 216 g/mol. The summed E-state index contributed by atoms with van der Waals surface area (Å²) in [5.41, 5.74) is 5.64. The van der Waals surface area contributed by atoms with Crippen LogP contribution in [0.15, 0.2) is 0 Å². The van der Waals surface area contributed by atoms with Gasteiger partial charge in [0.05, 0.1) is 12.6 Å². The second kappa shape index (κ2) is 4.69. The Bertz CT molecular complexity index is 267. The summed E-state index contributed by atoms with van der Waals surface area (Å²) in [6.07, 6.45) is -0.886. The van der Waals surface area contributed by atoms with Crippen molar-refractivity contribution in [2.24, 2.45) is 11.7 Å². The molecule has 1 saturated heterocycles. The van der Waals surface area contributed by atoms with E-state index in [4.69, 9.17) is 15.6 Å². The third-order valence-corrected chi connectivity index (χ3v) is 2.39. The maximum Gasteiger partial charge on any atom is 0.323 e. The van der Waals surface area contributed by atoms with Gasteiger partial charge in [-0.25, -0.2) is 0 Å². The van der Waals surface area contributed by atoms with E-state index < -0.39 is 24.3 Å². The number of carbonyl (C=O) groups is 2. The Morgan fingerprint density at radius 2 is 2.13 bits per heavy atom. The summed E-state index contributed by atoms with van der Waals surface area (Å²) >= 11 is 0. The molecule has 1 aliphatic rings. The standard InChI is InChI=1S/C9H16N2O4/c1-4(2)6(10)7(12)8-11-5(3-15-8)9(13)14/h4-6,8,11H,3,10H2,1-2H3,(H,13,14). The third kappa shape index (κ3) is 2.74. The molecule has 0 radical (unpaired) electrons. The van der Waals surface area contributed by atoms with Crippen molar-refractivity contribution in [1.82, 2.24) is 5.32 Å². The molecule has 0 spiro atoms. The molecule has 1 heterocycles. The second-order valence-corrected chi connectivity index (χ2v) is 3.94. The van der Waals surface area contributed by atoms with Gasteiger partial charge in [0.25, 0.3) is 0 Å². The lowest BCUT2D eigenvalue weighted by molar-refractivity contribution is -0.139. The first-order chi connectivity index (χ1) is 6.93. The molecule has 0 aromatic rings. The van der Waals surface area contributed by atoms with Gasteiger partial charge in [-0.1, -0.05) is 13.8 Å². The first kappa shape index (κ1) is 12.1. The lowest BCUT2D eigenvalue weighted by atomic mass is 10.00. The predicted octanol–water partition coefficient (Wildman–Crippen LogP) is -1.06. The molecule has 6 nitrogen and oxygen atoms in total. The normalized spacial score (nSPS) is 28.0. The van der Waals surface area contributed by atoms with Crippen LogP contribution in [0.5, 0.6) is 0 Å². The number of ether oxygens (including phenoxy) is 1. The van der Waals surface area contributed by atoms with Crippen LogP contribution in [-0.4, -0.2) is 41.8 Å². The molecule has 1 aliphatic heterocycles. The largest absolute Gasteiger partial charge is 0.480 e. The maximum atomic E-state index is 11.6. The van der Waals surface area contributed by atoms with Gasteiger partial charge in [0.1, 0.15) is 6.04 Å². The average molecular weight is 216 g/mol. The fourth-order valence-corrected chi connectivity index (χ4v) is 1.28. The van der Waals surface area contributed by atoms with Gasteiger partial charge >= 0.3 is 5.97 Å². The van der Waals surface area contributed by atoms with E-state index in [0.717, 1.165) is 0 Å². The maximum absolute atomic E-state index is 11.6. The molecule has 86 valence electrons. The van der Waals surface area contributed by atoms with Crippen LogP contribution in [0.2, 0.25) is 0 Å². The summed E-state index contributed by atoms with van der Waals surface area (Å²) in [4.78, 5) is 22.2. The Balaban J connectivity index is 2.54. The molecule has 6 heteroatoms. The van der Waals surface area contributed by atoms with Crippen LogP contribution in [0.4, 0.5) is 0 Å². The van der Waals surface area contributed by atoms with Crippen LogP contribution in [-0.2, 0) is 14.3 Å². The van der Waals surface area contributed by atoms with Crippen LogP contribution in [0.1, 0.15) is 13.8 Å². The van der Waals surface area contributed by atoms with Gasteiger partial charge in [0, 0.05) is 0 Å². The van der Waals surface area contributed by atoms with Gasteiger partial charge in [0.15, 0.2) is 12.0 Å². The highest BCUT2D eigenvalue weighted by molar-refractivity contribution is 5.89. The molecule has 0 aliphatic carbocycles. The number of carboxylic acids is 1. The average Bonchev–Trinajstić information content (AvgIpc) is 2.64. The second-order valence-electron chi connectivity index (χ2n) is 3.94. The highest BCUT2D eigenvalue weighted by Gasteiger charge is 2.36. The van der Waals surface area contributed by atoms with Crippen molar-refractivity contribution in [3.8, 4) is 0 Å². The van der Waals surface area contributed by atoms with Gasteiger partial charge in [-0.2, -0.15) is 0 Å². The minimum Gasteiger partial charge on any atom is -0.480 e. The number of ketones is 1. The summed E-state index contributed by atoms with van der Waals surface area (Å²) in [6.45, 7) is 3.65. The van der Waals surface area contributed by atoms with Gasteiger partial charge in [-0.05, 0) is 5.92 Å². The Labute approximate surface area is 87.8 Å². The number of Topliss-reactive ketones (excluding diaryl/α,β-unsaturated/α-hetero) is 1. The summed E-state index contributed by atoms with van der Waals surface area (Å²) in [7, 11) is 0. The number of aliphatic carboxylic acids is 1. The van der Waals surface area contributed by atoms with Gasteiger partial charge in [0.2, 0.25) is 0 Å². The van der Waals surface area contributed by atoms with Crippen LogP contribution < -0.4 is 11.1 Å². The highest BCUT2D eigenvalue weighted by atomic mass is 16.5. The van der Waals surface area contributed by atoms with Crippen LogP contribution >= 0.6 is 0 Å². The molecular weight excluding hydrogens is 200 g/mol. The van der Waals surface area contributed by atoms with Crippen molar-refractivity contribution in [3.05, 3.63) is 0 Å². The molecule has 1 rings (SSSR count). The molecule has 4 N–H and O–H groups in total. The molecule has 15 heavy (non-hydrogen) atoms. The third-order valence-electron chi connectivity index (χ3n) is 2.39. The van der Waals surface area contributed by atoms with E-state index in [1.807, 2.05) is 13.8 Å². The Morgan fingerprint density at radius 1 is 1.53 bits per heavy atom. The van der Waals surface area contributed by atoms with E-state index in [0.29, 0.717) is 0 Å². The number of hydrogen-bond donors (Lipinski definition) is 3. The molecule has 3 atom stereocenters. The number of rotatable bonds is 4. The van der Waals surface area contributed by atoms with E-state index in [1.165, 1.54) is 0 Å². The fraction of sp³-hybridized carbons (Fsp3) is 0.778. The quantitative estimate of drug-likeness (QED) is 0.553. The lowest BCUT2D eigenvalue weighted by Gasteiger charge is -2.18. The number of hydrogen-bond acceptors (Lipinski definition) is 5. The van der Waals surface area contributed by atoms with E-state index >= 15 is 0 Å². The molecule has 0 amide bonds. The van der Waals surface area contributed by atoms with Crippen molar-refractivity contribution in [2.45, 2.75) is 32.2 Å². The van der Waals surface area contributed by atoms with E-state index in [9.17, 15) is 9.59 Å². The first-order valence-electron chi connectivity index (χ1n) is 4.83. The summed E-state index contributed by atoms with van der Waals surface area (Å²) in [5.74, 6) is -1.32. The van der Waals surface area contributed by atoms with Gasteiger partial charge in [-0.3, -0.25) is 14.9 Å². The zero-order chi connectivity index (χ0) is 11.6. The number of carbonyl (C=O) groups excluding carboxylic acids is 1. The van der Waals surface area contributed by atoms with E-state index in [2.05, 4.69) is 5.32 Å². The van der Waals surface area contributed by atoms with Crippen molar-refractivity contribution in [1.29, 1.82) is 0 Å². The summed E-state index contributed by atoms with van der Waals surface area (Å²) < 4.78 is 5.04. The topological polar surface area (TPSA) is 102 Å². The molecule has 3 unspecified atom stereocenters.